The quantitative estimate of drug-likeness (QED) is 0.871. The third kappa shape index (κ3) is 3.70. The van der Waals surface area contributed by atoms with Gasteiger partial charge in [0.15, 0.2) is 0 Å². The lowest BCUT2D eigenvalue weighted by molar-refractivity contribution is -0.126. The van der Waals surface area contributed by atoms with Gasteiger partial charge in [0.05, 0.1) is 13.2 Å². The fourth-order valence-electron chi connectivity index (χ4n) is 2.39. The van der Waals surface area contributed by atoms with Gasteiger partial charge in [0, 0.05) is 5.92 Å². The van der Waals surface area contributed by atoms with Crippen LogP contribution in [0.4, 0.5) is 0 Å². The molecule has 0 radical (unpaired) electrons. The molecule has 1 aromatic rings. The maximum atomic E-state index is 12.1. The van der Waals surface area contributed by atoms with E-state index in [1.165, 1.54) is 0 Å². The molecule has 2 rings (SSSR count). The molecule has 0 aliphatic carbocycles. The molecule has 0 spiro atoms. The van der Waals surface area contributed by atoms with E-state index < -0.39 is 0 Å². The van der Waals surface area contributed by atoms with E-state index in [-0.39, 0.29) is 17.9 Å². The highest BCUT2D eigenvalue weighted by atomic mass is 16.5. The van der Waals surface area contributed by atoms with E-state index in [0.29, 0.717) is 0 Å². The Hall–Kier alpha value is -1.55. The molecule has 2 N–H and O–H groups in total. The summed E-state index contributed by atoms with van der Waals surface area (Å²) in [6.07, 6.45) is 1.86. The molecular formula is C15H22N2O2. The molecule has 19 heavy (non-hydrogen) atoms. The van der Waals surface area contributed by atoms with Gasteiger partial charge in [0.2, 0.25) is 5.91 Å². The first kappa shape index (κ1) is 13.9. The van der Waals surface area contributed by atoms with Crippen molar-refractivity contribution in [2.45, 2.75) is 25.8 Å². The Balaban J connectivity index is 1.91. The Kier molecular flexibility index (Phi) is 4.80. The van der Waals surface area contributed by atoms with Crippen LogP contribution in [0.25, 0.3) is 0 Å². The maximum Gasteiger partial charge on any atom is 0.223 e. The Morgan fingerprint density at radius 1 is 1.32 bits per heavy atom. The third-order valence-electron chi connectivity index (χ3n) is 3.68. The highest BCUT2D eigenvalue weighted by Crippen LogP contribution is 2.19. The van der Waals surface area contributed by atoms with Gasteiger partial charge in [-0.15, -0.1) is 0 Å². The number of piperidine rings is 1. The number of hydrogen-bond donors (Lipinski definition) is 2. The van der Waals surface area contributed by atoms with Crippen molar-refractivity contribution in [1.29, 1.82) is 0 Å². The third-order valence-corrected chi connectivity index (χ3v) is 3.68. The van der Waals surface area contributed by atoms with E-state index in [1.54, 1.807) is 7.11 Å². The summed E-state index contributed by atoms with van der Waals surface area (Å²) in [5.74, 6) is 1.16. The van der Waals surface area contributed by atoms with Gasteiger partial charge in [-0.3, -0.25) is 4.79 Å². The zero-order chi connectivity index (χ0) is 13.7. The number of ether oxygens (including phenoxy) is 1. The molecule has 4 nitrogen and oxygen atoms in total. The average molecular weight is 262 g/mol. The Morgan fingerprint density at radius 3 is 2.53 bits per heavy atom. The van der Waals surface area contributed by atoms with Crippen LogP contribution in [-0.2, 0) is 4.79 Å². The van der Waals surface area contributed by atoms with E-state index in [0.717, 1.165) is 37.2 Å². The first-order valence-corrected chi connectivity index (χ1v) is 6.85. The summed E-state index contributed by atoms with van der Waals surface area (Å²) in [6.45, 7) is 3.89. The van der Waals surface area contributed by atoms with Gasteiger partial charge in [-0.1, -0.05) is 12.1 Å². The number of methoxy groups -OCH3 is 1. The Bertz CT molecular complexity index is 411. The molecule has 4 heteroatoms. The SMILES string of the molecule is COc1ccc([C@H](C)NC(=O)C2CCNCC2)cc1. The Labute approximate surface area is 114 Å². The predicted molar refractivity (Wildman–Crippen MR) is 75.1 cm³/mol. The van der Waals surface area contributed by atoms with Gasteiger partial charge >= 0.3 is 0 Å². The fraction of sp³-hybridized carbons (Fsp3) is 0.533. The lowest BCUT2D eigenvalue weighted by Gasteiger charge is -2.24. The van der Waals surface area contributed by atoms with Crippen LogP contribution in [0.1, 0.15) is 31.4 Å². The molecule has 104 valence electrons. The molecular weight excluding hydrogens is 240 g/mol. The van der Waals surface area contributed by atoms with E-state index >= 15 is 0 Å². The van der Waals surface area contributed by atoms with Crippen LogP contribution in [0.15, 0.2) is 24.3 Å². The number of carbonyl (C=O) groups is 1. The van der Waals surface area contributed by atoms with Crippen molar-refractivity contribution in [2.24, 2.45) is 5.92 Å². The van der Waals surface area contributed by atoms with Crippen molar-refractivity contribution in [3.63, 3.8) is 0 Å². The van der Waals surface area contributed by atoms with E-state index in [9.17, 15) is 4.79 Å². The van der Waals surface area contributed by atoms with Crippen molar-refractivity contribution in [2.75, 3.05) is 20.2 Å². The molecule has 1 heterocycles. The maximum absolute atomic E-state index is 12.1. The van der Waals surface area contributed by atoms with Crippen molar-refractivity contribution in [3.8, 4) is 5.75 Å². The number of carbonyl (C=O) groups excluding carboxylic acids is 1. The van der Waals surface area contributed by atoms with Gasteiger partial charge in [-0.2, -0.15) is 0 Å². The summed E-state index contributed by atoms with van der Waals surface area (Å²) < 4.78 is 5.13. The number of amides is 1. The molecule has 1 amide bonds. The lowest BCUT2D eigenvalue weighted by atomic mass is 9.96. The van der Waals surface area contributed by atoms with Crippen molar-refractivity contribution in [3.05, 3.63) is 29.8 Å². The van der Waals surface area contributed by atoms with Crippen LogP contribution in [0.3, 0.4) is 0 Å². The van der Waals surface area contributed by atoms with E-state index in [4.69, 9.17) is 4.74 Å². The molecule has 0 bridgehead atoms. The number of rotatable bonds is 4. The van der Waals surface area contributed by atoms with Crippen LogP contribution in [0.2, 0.25) is 0 Å². The van der Waals surface area contributed by atoms with Crippen molar-refractivity contribution < 1.29 is 9.53 Å². The van der Waals surface area contributed by atoms with Crippen LogP contribution in [0, 0.1) is 5.92 Å². The van der Waals surface area contributed by atoms with Gasteiger partial charge in [0.25, 0.3) is 0 Å². The number of nitrogens with one attached hydrogen (secondary N) is 2. The monoisotopic (exact) mass is 262 g/mol. The van der Waals surface area contributed by atoms with Gasteiger partial charge in [-0.25, -0.2) is 0 Å². The minimum absolute atomic E-state index is 0.0355. The molecule has 1 aliphatic heterocycles. The molecule has 1 aliphatic rings. The minimum Gasteiger partial charge on any atom is -0.497 e. The Morgan fingerprint density at radius 2 is 1.95 bits per heavy atom. The topological polar surface area (TPSA) is 50.4 Å². The van der Waals surface area contributed by atoms with Crippen LogP contribution in [0.5, 0.6) is 5.75 Å². The second-order valence-electron chi connectivity index (χ2n) is 5.03. The molecule has 0 saturated carbocycles. The summed E-state index contributed by atoms with van der Waals surface area (Å²) >= 11 is 0. The second kappa shape index (κ2) is 6.57. The second-order valence-corrected chi connectivity index (χ2v) is 5.03. The van der Waals surface area contributed by atoms with Gasteiger partial charge in [-0.05, 0) is 50.6 Å². The summed E-state index contributed by atoms with van der Waals surface area (Å²) in [7, 11) is 1.65. The lowest BCUT2D eigenvalue weighted by Crippen LogP contribution is -2.39. The molecule has 1 aromatic carbocycles. The largest absolute Gasteiger partial charge is 0.497 e. The molecule has 1 saturated heterocycles. The standard InChI is InChI=1S/C15H22N2O2/c1-11(12-3-5-14(19-2)6-4-12)17-15(18)13-7-9-16-10-8-13/h3-6,11,13,16H,7-10H2,1-2H3,(H,17,18)/t11-/m0/s1. The normalized spacial score (nSPS) is 17.8. The zero-order valence-electron chi connectivity index (χ0n) is 11.6. The summed E-state index contributed by atoms with van der Waals surface area (Å²) in [5.41, 5.74) is 1.10. The molecule has 1 atom stereocenters. The van der Waals surface area contributed by atoms with E-state index in [1.807, 2.05) is 31.2 Å². The van der Waals surface area contributed by atoms with E-state index in [2.05, 4.69) is 10.6 Å². The summed E-state index contributed by atoms with van der Waals surface area (Å²) in [4.78, 5) is 12.1. The number of benzene rings is 1. The molecule has 1 fully saturated rings. The number of hydrogen-bond acceptors (Lipinski definition) is 3. The highest BCUT2D eigenvalue weighted by Gasteiger charge is 2.22. The molecule has 0 unspecified atom stereocenters. The van der Waals surface area contributed by atoms with Crippen molar-refractivity contribution >= 4 is 5.91 Å². The van der Waals surface area contributed by atoms with Gasteiger partial charge < -0.3 is 15.4 Å². The summed E-state index contributed by atoms with van der Waals surface area (Å²) in [5, 5.41) is 6.37. The predicted octanol–water partition coefficient (Wildman–Crippen LogP) is 1.87. The molecule has 0 aromatic heterocycles. The highest BCUT2D eigenvalue weighted by molar-refractivity contribution is 5.79. The van der Waals surface area contributed by atoms with Crippen molar-refractivity contribution in [1.82, 2.24) is 10.6 Å². The first-order chi connectivity index (χ1) is 9.20. The summed E-state index contributed by atoms with van der Waals surface area (Å²) in [6, 6.07) is 7.86. The average Bonchev–Trinajstić information content (AvgIpc) is 2.48. The smallest absolute Gasteiger partial charge is 0.223 e. The minimum atomic E-state index is 0.0355. The first-order valence-electron chi connectivity index (χ1n) is 6.85. The van der Waals surface area contributed by atoms with Gasteiger partial charge in [0.1, 0.15) is 5.75 Å². The zero-order valence-corrected chi connectivity index (χ0v) is 11.6. The van der Waals surface area contributed by atoms with Crippen LogP contribution >= 0.6 is 0 Å². The van der Waals surface area contributed by atoms with Crippen LogP contribution in [-0.4, -0.2) is 26.1 Å². The fourth-order valence-corrected chi connectivity index (χ4v) is 2.39. The van der Waals surface area contributed by atoms with Crippen LogP contribution < -0.4 is 15.4 Å².